The van der Waals surface area contributed by atoms with Gasteiger partial charge in [-0.25, -0.2) is 0 Å². The van der Waals surface area contributed by atoms with Crippen LogP contribution in [0.1, 0.15) is 34.0 Å². The van der Waals surface area contributed by atoms with E-state index in [1.165, 1.54) is 18.2 Å². The third-order valence-corrected chi connectivity index (χ3v) is 3.21. The van der Waals surface area contributed by atoms with E-state index < -0.39 is 11.0 Å². The molecule has 1 N–H and O–H groups in total. The van der Waals surface area contributed by atoms with Crippen molar-refractivity contribution < 1.29 is 14.8 Å². The summed E-state index contributed by atoms with van der Waals surface area (Å²) in [4.78, 5) is 22.5. The quantitative estimate of drug-likeness (QED) is 0.519. The van der Waals surface area contributed by atoms with Crippen molar-refractivity contribution in [2.24, 2.45) is 0 Å². The zero-order valence-electron chi connectivity index (χ0n) is 11.5. The van der Waals surface area contributed by atoms with Crippen LogP contribution in [0.4, 0.5) is 5.69 Å². The van der Waals surface area contributed by atoms with Gasteiger partial charge in [-0.15, -0.1) is 0 Å². The molecule has 0 heterocycles. The maximum atomic E-state index is 12.1. The largest absolute Gasteiger partial charge is 0.388 e. The van der Waals surface area contributed by atoms with Crippen molar-refractivity contribution >= 4 is 11.5 Å². The standard InChI is InChI=1S/C16H15NO4/c1-11-5-4-6-12(9-11)15(18)10-16(19)13-7-2-3-8-14(13)17(20)21/h2-9,16,19H,10H2,1H3. The SMILES string of the molecule is Cc1cccc(C(=O)CC(O)c2ccccc2[N+](=O)[O-])c1. The number of benzene rings is 2. The Morgan fingerprint density at radius 3 is 2.62 bits per heavy atom. The summed E-state index contributed by atoms with van der Waals surface area (Å²) < 4.78 is 0. The van der Waals surface area contributed by atoms with Gasteiger partial charge < -0.3 is 5.11 Å². The number of ketones is 1. The van der Waals surface area contributed by atoms with Crippen LogP contribution in [0.2, 0.25) is 0 Å². The number of carbonyl (C=O) groups is 1. The van der Waals surface area contributed by atoms with Gasteiger partial charge in [-0.1, -0.05) is 35.9 Å². The normalized spacial score (nSPS) is 11.9. The number of para-hydroxylation sites is 1. The Morgan fingerprint density at radius 1 is 1.24 bits per heavy atom. The molecule has 5 heteroatoms. The monoisotopic (exact) mass is 285 g/mol. The molecule has 0 saturated heterocycles. The molecule has 0 aliphatic carbocycles. The molecule has 0 amide bonds. The molecule has 0 aliphatic heterocycles. The molecule has 21 heavy (non-hydrogen) atoms. The number of aryl methyl sites for hydroxylation is 1. The van der Waals surface area contributed by atoms with Crippen LogP contribution in [0.25, 0.3) is 0 Å². The lowest BCUT2D eigenvalue weighted by Gasteiger charge is -2.11. The summed E-state index contributed by atoms with van der Waals surface area (Å²) in [6.07, 6.45) is -1.38. The van der Waals surface area contributed by atoms with E-state index >= 15 is 0 Å². The number of nitro benzene ring substituents is 1. The van der Waals surface area contributed by atoms with E-state index in [-0.39, 0.29) is 23.5 Å². The highest BCUT2D eigenvalue weighted by Crippen LogP contribution is 2.27. The number of carbonyl (C=O) groups excluding carboxylic acids is 1. The summed E-state index contributed by atoms with van der Waals surface area (Å²) in [7, 11) is 0. The van der Waals surface area contributed by atoms with Gasteiger partial charge in [-0.3, -0.25) is 14.9 Å². The van der Waals surface area contributed by atoms with Crippen LogP contribution in [-0.2, 0) is 0 Å². The molecule has 0 fully saturated rings. The van der Waals surface area contributed by atoms with Gasteiger partial charge in [0.05, 0.1) is 16.6 Å². The van der Waals surface area contributed by atoms with Crippen LogP contribution < -0.4 is 0 Å². The minimum Gasteiger partial charge on any atom is -0.388 e. The highest BCUT2D eigenvalue weighted by molar-refractivity contribution is 5.96. The van der Waals surface area contributed by atoms with E-state index in [0.717, 1.165) is 5.56 Å². The lowest BCUT2D eigenvalue weighted by Crippen LogP contribution is -2.09. The number of hydrogen-bond acceptors (Lipinski definition) is 4. The number of rotatable bonds is 5. The molecule has 0 aromatic heterocycles. The first-order chi connectivity index (χ1) is 9.99. The number of aliphatic hydroxyl groups excluding tert-OH is 1. The minimum absolute atomic E-state index is 0.156. The maximum absolute atomic E-state index is 12.1. The van der Waals surface area contributed by atoms with E-state index in [0.29, 0.717) is 5.56 Å². The van der Waals surface area contributed by atoms with Crippen LogP contribution >= 0.6 is 0 Å². The van der Waals surface area contributed by atoms with E-state index in [9.17, 15) is 20.0 Å². The molecule has 1 atom stereocenters. The molecule has 0 aliphatic rings. The fraction of sp³-hybridized carbons (Fsp3) is 0.188. The molecule has 0 radical (unpaired) electrons. The summed E-state index contributed by atoms with van der Waals surface area (Å²) in [5.74, 6) is -0.246. The lowest BCUT2D eigenvalue weighted by molar-refractivity contribution is -0.386. The number of nitrogens with zero attached hydrogens (tertiary/aromatic N) is 1. The van der Waals surface area contributed by atoms with Crippen molar-refractivity contribution in [3.05, 3.63) is 75.3 Å². The molecule has 0 spiro atoms. The molecule has 1 unspecified atom stereocenters. The minimum atomic E-state index is -1.19. The fourth-order valence-electron chi connectivity index (χ4n) is 2.16. The zero-order valence-corrected chi connectivity index (χ0v) is 11.5. The number of Topliss-reactive ketones (excluding diaryl/α,β-unsaturated/α-hetero) is 1. The molecular formula is C16H15NO4. The molecule has 0 saturated carbocycles. The summed E-state index contributed by atoms with van der Waals surface area (Å²) >= 11 is 0. The fourth-order valence-corrected chi connectivity index (χ4v) is 2.16. The Bertz CT molecular complexity index is 681. The summed E-state index contributed by atoms with van der Waals surface area (Å²) in [5.41, 5.74) is 1.42. The second-order valence-corrected chi connectivity index (χ2v) is 4.83. The van der Waals surface area contributed by atoms with Gasteiger partial charge in [0.2, 0.25) is 0 Å². The second-order valence-electron chi connectivity index (χ2n) is 4.83. The maximum Gasteiger partial charge on any atom is 0.275 e. The van der Waals surface area contributed by atoms with Crippen molar-refractivity contribution in [3.63, 3.8) is 0 Å². The van der Waals surface area contributed by atoms with Gasteiger partial charge in [0, 0.05) is 18.1 Å². The van der Waals surface area contributed by atoms with Crippen LogP contribution in [0.5, 0.6) is 0 Å². The van der Waals surface area contributed by atoms with E-state index in [2.05, 4.69) is 0 Å². The Hall–Kier alpha value is -2.53. The van der Waals surface area contributed by atoms with Crippen molar-refractivity contribution in [1.29, 1.82) is 0 Å². The predicted octanol–water partition coefficient (Wildman–Crippen LogP) is 3.21. The van der Waals surface area contributed by atoms with Crippen molar-refractivity contribution in [1.82, 2.24) is 0 Å². The van der Waals surface area contributed by atoms with Crippen LogP contribution in [0, 0.1) is 17.0 Å². The second kappa shape index (κ2) is 6.28. The summed E-state index contributed by atoms with van der Waals surface area (Å²) in [6.45, 7) is 1.87. The average molecular weight is 285 g/mol. The summed E-state index contributed by atoms with van der Waals surface area (Å²) in [6, 6.07) is 12.9. The van der Waals surface area contributed by atoms with Crippen LogP contribution in [0.3, 0.4) is 0 Å². The Labute approximate surface area is 122 Å². The highest BCUT2D eigenvalue weighted by atomic mass is 16.6. The van der Waals surface area contributed by atoms with Gasteiger partial charge in [-0.05, 0) is 19.1 Å². The van der Waals surface area contributed by atoms with Crippen LogP contribution in [0.15, 0.2) is 48.5 Å². The number of hydrogen-bond donors (Lipinski definition) is 1. The third-order valence-electron chi connectivity index (χ3n) is 3.21. The van der Waals surface area contributed by atoms with Gasteiger partial charge in [0.15, 0.2) is 5.78 Å². The van der Waals surface area contributed by atoms with E-state index in [1.54, 1.807) is 24.3 Å². The highest BCUT2D eigenvalue weighted by Gasteiger charge is 2.22. The Kier molecular flexibility index (Phi) is 4.45. The van der Waals surface area contributed by atoms with Gasteiger partial charge in [0.25, 0.3) is 5.69 Å². The van der Waals surface area contributed by atoms with Crippen molar-refractivity contribution in [3.8, 4) is 0 Å². The zero-order chi connectivity index (χ0) is 15.4. The van der Waals surface area contributed by atoms with E-state index in [4.69, 9.17) is 0 Å². The first kappa shape index (κ1) is 14.9. The average Bonchev–Trinajstić information content (AvgIpc) is 2.47. The number of aliphatic hydroxyl groups is 1. The molecule has 5 nitrogen and oxygen atoms in total. The van der Waals surface area contributed by atoms with Gasteiger partial charge >= 0.3 is 0 Å². The molecule has 2 aromatic carbocycles. The molecule has 2 rings (SSSR count). The van der Waals surface area contributed by atoms with E-state index in [1.807, 2.05) is 13.0 Å². The van der Waals surface area contributed by atoms with Gasteiger partial charge in [-0.2, -0.15) is 0 Å². The van der Waals surface area contributed by atoms with Crippen LogP contribution in [-0.4, -0.2) is 15.8 Å². The summed E-state index contributed by atoms with van der Waals surface area (Å²) in [5, 5.41) is 21.1. The molecule has 108 valence electrons. The Balaban J connectivity index is 2.20. The first-order valence-corrected chi connectivity index (χ1v) is 6.50. The lowest BCUT2D eigenvalue weighted by atomic mass is 9.98. The Morgan fingerprint density at radius 2 is 1.95 bits per heavy atom. The van der Waals surface area contributed by atoms with Gasteiger partial charge in [0.1, 0.15) is 0 Å². The molecule has 0 bridgehead atoms. The van der Waals surface area contributed by atoms with Crippen molar-refractivity contribution in [2.75, 3.05) is 0 Å². The smallest absolute Gasteiger partial charge is 0.275 e. The third kappa shape index (κ3) is 3.52. The number of nitro groups is 1. The first-order valence-electron chi connectivity index (χ1n) is 6.50. The molecular weight excluding hydrogens is 270 g/mol. The molecule has 2 aromatic rings. The van der Waals surface area contributed by atoms with Crippen molar-refractivity contribution in [2.45, 2.75) is 19.4 Å². The predicted molar refractivity (Wildman–Crippen MR) is 78.2 cm³/mol. The topological polar surface area (TPSA) is 80.4 Å².